The van der Waals surface area contributed by atoms with Gasteiger partial charge in [0.2, 0.25) is 0 Å². The van der Waals surface area contributed by atoms with Crippen molar-refractivity contribution in [2.45, 2.75) is 30.6 Å². The normalized spacial score (nSPS) is 16.8. The van der Waals surface area contributed by atoms with Gasteiger partial charge in [-0.2, -0.15) is 11.8 Å². The van der Waals surface area contributed by atoms with E-state index in [2.05, 4.69) is 11.2 Å². The molecule has 1 aliphatic carbocycles. The lowest BCUT2D eigenvalue weighted by molar-refractivity contribution is 0.509. The number of hydrogen-bond acceptors (Lipinski definition) is 2. The number of hydrogen-bond donors (Lipinski definition) is 0. The molecule has 2 aromatic rings. The van der Waals surface area contributed by atoms with Crippen LogP contribution in [0.3, 0.4) is 0 Å². The molecule has 0 bridgehead atoms. The highest BCUT2D eigenvalue weighted by Gasteiger charge is 2.43. The van der Waals surface area contributed by atoms with Crippen LogP contribution < -0.4 is 0 Å². The number of alkyl halides is 1. The van der Waals surface area contributed by atoms with Gasteiger partial charge in [0.15, 0.2) is 11.6 Å². The predicted octanol–water partition coefficient (Wildman–Crippen LogP) is 3.99. The molecule has 0 spiro atoms. The molecule has 0 aliphatic heterocycles. The highest BCUT2D eigenvalue weighted by atomic mass is 35.5. The third kappa shape index (κ3) is 2.31. The zero-order valence-electron chi connectivity index (χ0n) is 11.1. The number of aromatic nitrogens is 2. The molecule has 1 aromatic heterocycles. The van der Waals surface area contributed by atoms with Crippen molar-refractivity contribution in [3.05, 3.63) is 29.6 Å². The smallest absolute Gasteiger partial charge is 0.184 e. The van der Waals surface area contributed by atoms with Gasteiger partial charge in [0.1, 0.15) is 11.3 Å². The van der Waals surface area contributed by atoms with Gasteiger partial charge >= 0.3 is 0 Å². The van der Waals surface area contributed by atoms with Crippen LogP contribution in [0.5, 0.6) is 0 Å². The monoisotopic (exact) mass is 316 g/mol. The van der Waals surface area contributed by atoms with Crippen molar-refractivity contribution in [1.29, 1.82) is 0 Å². The molecule has 2 nitrogen and oxygen atoms in total. The van der Waals surface area contributed by atoms with Crippen LogP contribution in [0.2, 0.25) is 0 Å². The molecular formula is C14H15ClF2N2S. The van der Waals surface area contributed by atoms with Crippen LogP contribution in [0.15, 0.2) is 12.1 Å². The molecule has 3 rings (SSSR count). The molecule has 0 radical (unpaired) electrons. The molecular weight excluding hydrogens is 302 g/mol. The standard InChI is InChI=1S/C14H15ClF2N2S/c1-20-14(5-6-14)8-19-11(4-7-15)18-10-3-2-9(16)12(17)13(10)19/h2-3H,4-8H2,1H3. The van der Waals surface area contributed by atoms with Crippen LogP contribution >= 0.6 is 23.4 Å². The van der Waals surface area contributed by atoms with Gasteiger partial charge in [-0.25, -0.2) is 13.8 Å². The molecule has 1 fully saturated rings. The highest BCUT2D eigenvalue weighted by molar-refractivity contribution is 8.00. The number of nitrogens with zero attached hydrogens (tertiary/aromatic N) is 2. The van der Waals surface area contributed by atoms with E-state index in [0.29, 0.717) is 24.4 Å². The maximum absolute atomic E-state index is 14.1. The molecule has 0 atom stereocenters. The molecule has 0 unspecified atom stereocenters. The van der Waals surface area contributed by atoms with Gasteiger partial charge in [-0.3, -0.25) is 0 Å². The van der Waals surface area contributed by atoms with Gasteiger partial charge in [-0.15, -0.1) is 11.6 Å². The molecule has 20 heavy (non-hydrogen) atoms. The minimum Gasteiger partial charge on any atom is -0.324 e. The van der Waals surface area contributed by atoms with Gasteiger partial charge in [-0.1, -0.05) is 0 Å². The second-order valence-electron chi connectivity index (χ2n) is 5.17. The molecule has 1 aliphatic rings. The summed E-state index contributed by atoms with van der Waals surface area (Å²) >= 11 is 7.59. The first-order valence-electron chi connectivity index (χ1n) is 6.54. The Labute approximate surface area is 125 Å². The molecule has 0 N–H and O–H groups in total. The number of benzene rings is 1. The number of rotatable bonds is 5. The third-order valence-corrected chi connectivity index (χ3v) is 5.48. The molecule has 6 heteroatoms. The third-order valence-electron chi connectivity index (χ3n) is 3.88. The zero-order chi connectivity index (χ0) is 14.3. The number of fused-ring (bicyclic) bond motifs is 1. The van der Waals surface area contributed by atoms with Gasteiger partial charge in [0.25, 0.3) is 0 Å². The second kappa shape index (κ2) is 5.19. The van der Waals surface area contributed by atoms with Crippen molar-refractivity contribution in [3.8, 4) is 0 Å². The van der Waals surface area contributed by atoms with Crippen LogP contribution in [-0.4, -0.2) is 26.4 Å². The molecule has 1 heterocycles. The summed E-state index contributed by atoms with van der Waals surface area (Å²) in [4.78, 5) is 4.41. The summed E-state index contributed by atoms with van der Waals surface area (Å²) in [5.41, 5.74) is 0.770. The fraction of sp³-hybridized carbons (Fsp3) is 0.500. The summed E-state index contributed by atoms with van der Waals surface area (Å²) in [5, 5.41) is 0. The topological polar surface area (TPSA) is 17.8 Å². The Hall–Kier alpha value is -0.810. The minimum absolute atomic E-state index is 0.146. The first kappa shape index (κ1) is 14.1. The molecule has 1 saturated carbocycles. The lowest BCUT2D eigenvalue weighted by Gasteiger charge is -2.16. The zero-order valence-corrected chi connectivity index (χ0v) is 12.7. The number of thioether (sulfide) groups is 1. The summed E-state index contributed by atoms with van der Waals surface area (Å²) in [6.07, 6.45) is 4.82. The Morgan fingerprint density at radius 3 is 2.75 bits per heavy atom. The van der Waals surface area contributed by atoms with Crippen LogP contribution in [0.25, 0.3) is 11.0 Å². The van der Waals surface area contributed by atoms with Crippen molar-refractivity contribution in [3.63, 3.8) is 0 Å². The molecule has 108 valence electrons. The highest BCUT2D eigenvalue weighted by Crippen LogP contribution is 2.49. The number of aryl methyl sites for hydroxylation is 1. The van der Waals surface area contributed by atoms with E-state index in [4.69, 9.17) is 11.6 Å². The molecule has 1 aromatic carbocycles. The summed E-state index contributed by atoms with van der Waals surface area (Å²) in [7, 11) is 0. The summed E-state index contributed by atoms with van der Waals surface area (Å²) < 4.78 is 29.6. The van der Waals surface area contributed by atoms with E-state index >= 15 is 0 Å². The summed E-state index contributed by atoms with van der Waals surface area (Å²) in [5.74, 6) is -0.489. The lowest BCUT2D eigenvalue weighted by atomic mass is 10.2. The van der Waals surface area contributed by atoms with E-state index in [9.17, 15) is 8.78 Å². The quantitative estimate of drug-likeness (QED) is 0.776. The maximum Gasteiger partial charge on any atom is 0.184 e. The van der Waals surface area contributed by atoms with Crippen LogP contribution in [0, 0.1) is 11.6 Å². The Morgan fingerprint density at radius 1 is 1.40 bits per heavy atom. The van der Waals surface area contributed by atoms with Crippen molar-refractivity contribution in [2.24, 2.45) is 0 Å². The van der Waals surface area contributed by atoms with E-state index in [-0.39, 0.29) is 10.3 Å². The second-order valence-corrected chi connectivity index (χ2v) is 6.82. The van der Waals surface area contributed by atoms with E-state index in [1.807, 2.05) is 4.57 Å². The minimum atomic E-state index is -0.829. The van der Waals surface area contributed by atoms with Crippen molar-refractivity contribution in [2.75, 3.05) is 12.1 Å². The van der Waals surface area contributed by atoms with Crippen LogP contribution in [0.1, 0.15) is 18.7 Å². The number of halogens is 3. The molecule has 0 saturated heterocycles. The predicted molar refractivity (Wildman–Crippen MR) is 79.6 cm³/mol. The Bertz CT molecular complexity index is 652. The van der Waals surface area contributed by atoms with E-state index in [1.54, 1.807) is 11.8 Å². The maximum atomic E-state index is 14.1. The first-order valence-corrected chi connectivity index (χ1v) is 8.30. The van der Waals surface area contributed by atoms with Crippen LogP contribution in [0.4, 0.5) is 8.78 Å². The molecule has 0 amide bonds. The Kier molecular flexibility index (Phi) is 3.67. The van der Waals surface area contributed by atoms with E-state index in [1.165, 1.54) is 6.07 Å². The van der Waals surface area contributed by atoms with Gasteiger partial charge < -0.3 is 4.57 Å². The lowest BCUT2D eigenvalue weighted by Crippen LogP contribution is -2.17. The van der Waals surface area contributed by atoms with Crippen molar-refractivity contribution < 1.29 is 8.78 Å². The average Bonchev–Trinajstić information content (AvgIpc) is 3.13. The average molecular weight is 317 g/mol. The summed E-state index contributed by atoms with van der Waals surface area (Å²) in [6.45, 7) is 0.664. The Balaban J connectivity index is 2.14. The van der Waals surface area contributed by atoms with Crippen molar-refractivity contribution in [1.82, 2.24) is 9.55 Å². The summed E-state index contributed by atoms with van der Waals surface area (Å²) in [6, 6.07) is 2.65. The van der Waals surface area contributed by atoms with Gasteiger partial charge in [0.05, 0.1) is 5.52 Å². The Morgan fingerprint density at radius 2 is 2.15 bits per heavy atom. The van der Waals surface area contributed by atoms with Gasteiger partial charge in [0, 0.05) is 23.6 Å². The van der Waals surface area contributed by atoms with Crippen LogP contribution in [-0.2, 0) is 13.0 Å². The fourth-order valence-electron chi connectivity index (χ4n) is 2.51. The van der Waals surface area contributed by atoms with E-state index in [0.717, 1.165) is 24.7 Å². The fourth-order valence-corrected chi connectivity index (χ4v) is 3.44. The SMILES string of the molecule is CSC1(Cn2c(CCCl)nc3ccc(F)c(F)c32)CC1. The van der Waals surface area contributed by atoms with Gasteiger partial charge in [-0.05, 0) is 31.2 Å². The van der Waals surface area contributed by atoms with Crippen molar-refractivity contribution >= 4 is 34.4 Å². The first-order chi connectivity index (χ1) is 9.60. The van der Waals surface area contributed by atoms with E-state index < -0.39 is 11.6 Å². The number of imidazole rings is 1. The largest absolute Gasteiger partial charge is 0.324 e.